The molecule has 0 atom stereocenters. The Morgan fingerprint density at radius 3 is 2.68 bits per heavy atom. The predicted molar refractivity (Wildman–Crippen MR) is 76.3 cm³/mol. The molecule has 5 nitrogen and oxygen atoms in total. The van der Waals surface area contributed by atoms with Crippen LogP contribution < -0.4 is 5.73 Å². The number of aromatic nitrogens is 3. The maximum atomic E-state index is 5.99. The summed E-state index contributed by atoms with van der Waals surface area (Å²) in [6.07, 6.45) is 1.61. The molecule has 5 heteroatoms. The van der Waals surface area contributed by atoms with Gasteiger partial charge >= 0.3 is 0 Å². The Bertz CT molecular complexity index is 520. The van der Waals surface area contributed by atoms with E-state index >= 15 is 0 Å². The molecule has 0 spiro atoms. The number of nitrogens with two attached hydrogens (primary N) is 1. The average molecular weight is 259 g/mol. The molecule has 0 saturated heterocycles. The predicted octanol–water partition coefficient (Wildman–Crippen LogP) is 1.90. The zero-order chi connectivity index (χ0) is 13.7. The Hall–Kier alpha value is -1.88. The van der Waals surface area contributed by atoms with E-state index in [0.717, 1.165) is 43.3 Å². The van der Waals surface area contributed by atoms with Crippen molar-refractivity contribution >= 4 is 5.69 Å². The van der Waals surface area contributed by atoms with Crippen molar-refractivity contribution in [3.63, 3.8) is 0 Å². The first-order valence-electron chi connectivity index (χ1n) is 6.67. The summed E-state index contributed by atoms with van der Waals surface area (Å²) in [5.74, 6) is 0.999. The Morgan fingerprint density at radius 1 is 1.21 bits per heavy atom. The molecule has 19 heavy (non-hydrogen) atoms. The van der Waals surface area contributed by atoms with E-state index in [1.54, 1.807) is 6.33 Å². The molecule has 0 aliphatic carbocycles. The number of benzene rings is 1. The number of anilines is 1. The number of para-hydroxylation sites is 1. The highest BCUT2D eigenvalue weighted by atomic mass is 15.3. The summed E-state index contributed by atoms with van der Waals surface area (Å²) < 4.78 is 1.93. The maximum Gasteiger partial charge on any atom is 0.141 e. The van der Waals surface area contributed by atoms with Crippen LogP contribution in [0.1, 0.15) is 25.2 Å². The Morgan fingerprint density at radius 2 is 2.00 bits per heavy atom. The average Bonchev–Trinajstić information content (AvgIpc) is 2.87. The molecule has 2 rings (SSSR count). The smallest absolute Gasteiger partial charge is 0.141 e. The van der Waals surface area contributed by atoms with Gasteiger partial charge in [0.15, 0.2) is 0 Å². The minimum atomic E-state index is 0.790. The molecule has 2 aromatic rings. The summed E-state index contributed by atoms with van der Waals surface area (Å²) in [5, 5.41) is 4.20. The Labute approximate surface area is 114 Å². The van der Waals surface area contributed by atoms with Crippen LogP contribution in [0.25, 0.3) is 0 Å². The van der Waals surface area contributed by atoms with Crippen molar-refractivity contribution in [1.29, 1.82) is 0 Å². The maximum absolute atomic E-state index is 5.99. The molecule has 0 radical (unpaired) electrons. The van der Waals surface area contributed by atoms with Gasteiger partial charge < -0.3 is 5.73 Å². The van der Waals surface area contributed by atoms with Crippen LogP contribution in [-0.4, -0.2) is 26.2 Å². The van der Waals surface area contributed by atoms with Gasteiger partial charge in [0.05, 0.1) is 6.54 Å². The van der Waals surface area contributed by atoms with Gasteiger partial charge in [-0.25, -0.2) is 9.67 Å². The van der Waals surface area contributed by atoms with Crippen molar-refractivity contribution in [2.45, 2.75) is 33.5 Å². The van der Waals surface area contributed by atoms with E-state index in [-0.39, 0.29) is 0 Å². The molecule has 0 aliphatic heterocycles. The van der Waals surface area contributed by atoms with Gasteiger partial charge in [-0.05, 0) is 25.1 Å². The summed E-state index contributed by atoms with van der Waals surface area (Å²) in [4.78, 5) is 6.63. The molecule has 1 aromatic heterocycles. The number of hydrogen-bond acceptors (Lipinski definition) is 4. The van der Waals surface area contributed by atoms with Crippen LogP contribution in [-0.2, 0) is 19.6 Å². The highest BCUT2D eigenvalue weighted by Crippen LogP contribution is 2.14. The topological polar surface area (TPSA) is 60.0 Å². The van der Waals surface area contributed by atoms with Crippen LogP contribution in [0.15, 0.2) is 30.6 Å². The van der Waals surface area contributed by atoms with Gasteiger partial charge in [-0.1, -0.05) is 25.1 Å². The van der Waals surface area contributed by atoms with E-state index in [2.05, 4.69) is 34.9 Å². The van der Waals surface area contributed by atoms with Crippen molar-refractivity contribution in [3.8, 4) is 0 Å². The largest absolute Gasteiger partial charge is 0.398 e. The third kappa shape index (κ3) is 3.32. The van der Waals surface area contributed by atoms with Crippen molar-refractivity contribution in [2.75, 3.05) is 12.3 Å². The molecule has 0 amide bonds. The minimum Gasteiger partial charge on any atom is -0.398 e. The summed E-state index contributed by atoms with van der Waals surface area (Å²) in [5.41, 5.74) is 8.00. The fourth-order valence-electron chi connectivity index (χ4n) is 2.07. The van der Waals surface area contributed by atoms with Crippen LogP contribution in [0, 0.1) is 0 Å². The standard InChI is InChI=1S/C14H21N5/c1-3-18(9-12-7-5-6-8-13(12)15)10-14-16-11-17-19(14)4-2/h5-8,11H,3-4,9-10,15H2,1-2H3. The highest BCUT2D eigenvalue weighted by Gasteiger charge is 2.10. The number of rotatable bonds is 6. The van der Waals surface area contributed by atoms with Crippen LogP contribution in [0.3, 0.4) is 0 Å². The second-order valence-corrected chi connectivity index (χ2v) is 4.49. The summed E-state index contributed by atoms with van der Waals surface area (Å²) in [7, 11) is 0. The molecule has 2 N–H and O–H groups in total. The molecule has 0 fully saturated rings. The molecule has 1 aromatic carbocycles. The van der Waals surface area contributed by atoms with Crippen LogP contribution in [0.5, 0.6) is 0 Å². The summed E-state index contributed by atoms with van der Waals surface area (Å²) >= 11 is 0. The Balaban J connectivity index is 2.07. The SMILES string of the molecule is CCN(Cc1ccccc1N)Cc1ncnn1CC. The fraction of sp³-hybridized carbons (Fsp3) is 0.429. The quantitative estimate of drug-likeness (QED) is 0.805. The van der Waals surface area contributed by atoms with Crippen LogP contribution in [0.4, 0.5) is 5.69 Å². The number of nitrogen functional groups attached to an aromatic ring is 1. The molecule has 0 bridgehead atoms. The lowest BCUT2D eigenvalue weighted by molar-refractivity contribution is 0.259. The number of hydrogen-bond donors (Lipinski definition) is 1. The Kier molecular flexibility index (Phi) is 4.52. The van der Waals surface area contributed by atoms with E-state index in [1.807, 2.05) is 22.9 Å². The fourth-order valence-corrected chi connectivity index (χ4v) is 2.07. The van der Waals surface area contributed by atoms with Gasteiger partial charge in [-0.2, -0.15) is 5.10 Å². The lowest BCUT2D eigenvalue weighted by Crippen LogP contribution is -2.25. The van der Waals surface area contributed by atoms with Crippen molar-refractivity contribution < 1.29 is 0 Å². The minimum absolute atomic E-state index is 0.790. The molecular formula is C14H21N5. The first-order valence-corrected chi connectivity index (χ1v) is 6.67. The van der Waals surface area contributed by atoms with Gasteiger partial charge in [-0.15, -0.1) is 0 Å². The number of nitrogens with zero attached hydrogens (tertiary/aromatic N) is 4. The van der Waals surface area contributed by atoms with E-state index in [1.165, 1.54) is 0 Å². The van der Waals surface area contributed by atoms with E-state index in [4.69, 9.17) is 5.73 Å². The normalized spacial score (nSPS) is 11.1. The lowest BCUT2D eigenvalue weighted by Gasteiger charge is -2.20. The van der Waals surface area contributed by atoms with Gasteiger partial charge in [-0.3, -0.25) is 4.90 Å². The van der Waals surface area contributed by atoms with E-state index in [0.29, 0.717) is 0 Å². The second-order valence-electron chi connectivity index (χ2n) is 4.49. The molecular weight excluding hydrogens is 238 g/mol. The molecule has 0 saturated carbocycles. The van der Waals surface area contributed by atoms with Crippen molar-refractivity contribution in [3.05, 3.63) is 42.0 Å². The monoisotopic (exact) mass is 259 g/mol. The van der Waals surface area contributed by atoms with E-state index < -0.39 is 0 Å². The molecule has 1 heterocycles. The summed E-state index contributed by atoms with van der Waals surface area (Å²) in [6, 6.07) is 8.00. The number of aryl methyl sites for hydroxylation is 1. The zero-order valence-electron chi connectivity index (χ0n) is 11.6. The highest BCUT2D eigenvalue weighted by molar-refractivity contribution is 5.46. The third-order valence-electron chi connectivity index (χ3n) is 3.26. The second kappa shape index (κ2) is 6.33. The summed E-state index contributed by atoms with van der Waals surface area (Å²) in [6.45, 7) is 7.64. The molecule has 0 unspecified atom stereocenters. The first-order chi connectivity index (χ1) is 9.24. The first kappa shape index (κ1) is 13.5. The van der Waals surface area contributed by atoms with Gasteiger partial charge in [0.2, 0.25) is 0 Å². The third-order valence-corrected chi connectivity index (χ3v) is 3.26. The van der Waals surface area contributed by atoms with Gasteiger partial charge in [0.1, 0.15) is 12.2 Å². The van der Waals surface area contributed by atoms with E-state index in [9.17, 15) is 0 Å². The van der Waals surface area contributed by atoms with Crippen LogP contribution >= 0.6 is 0 Å². The van der Waals surface area contributed by atoms with Crippen molar-refractivity contribution in [2.24, 2.45) is 0 Å². The zero-order valence-corrected chi connectivity index (χ0v) is 11.6. The van der Waals surface area contributed by atoms with Gasteiger partial charge in [0.25, 0.3) is 0 Å². The lowest BCUT2D eigenvalue weighted by atomic mass is 10.1. The van der Waals surface area contributed by atoms with Crippen molar-refractivity contribution in [1.82, 2.24) is 19.7 Å². The van der Waals surface area contributed by atoms with Gasteiger partial charge in [0, 0.05) is 18.8 Å². The molecule has 102 valence electrons. The van der Waals surface area contributed by atoms with Crippen LogP contribution in [0.2, 0.25) is 0 Å². The molecule has 0 aliphatic rings.